The van der Waals surface area contributed by atoms with Crippen molar-refractivity contribution < 1.29 is 4.74 Å². The standard InChI is InChI=1S/C22H30N6O.HI/c1-2-23-22(24-12-5-6-14-28-17-26-27-18-28)25-13-7-15-29-21-11-10-19-8-3-4-9-20(19)16-21;/h3-4,8-11,16-18H,2,5-7,12-15H2,1H3,(H2,23,24,25);1H. The molecule has 162 valence electrons. The third-order valence-electron chi connectivity index (χ3n) is 4.51. The Balaban J connectivity index is 0.00000320. The topological polar surface area (TPSA) is 76.4 Å². The molecule has 0 amide bonds. The lowest BCUT2D eigenvalue weighted by Gasteiger charge is -2.11. The Morgan fingerprint density at radius 3 is 2.60 bits per heavy atom. The number of fused-ring (bicyclic) bond motifs is 1. The van der Waals surface area contributed by atoms with Crippen molar-refractivity contribution in [2.24, 2.45) is 4.99 Å². The monoisotopic (exact) mass is 522 g/mol. The molecule has 0 aliphatic heterocycles. The molecule has 3 aromatic rings. The smallest absolute Gasteiger partial charge is 0.191 e. The van der Waals surface area contributed by atoms with E-state index in [-0.39, 0.29) is 24.0 Å². The maximum absolute atomic E-state index is 5.88. The van der Waals surface area contributed by atoms with Gasteiger partial charge in [-0.15, -0.1) is 34.2 Å². The van der Waals surface area contributed by atoms with Crippen LogP contribution in [0.3, 0.4) is 0 Å². The van der Waals surface area contributed by atoms with Gasteiger partial charge < -0.3 is 19.9 Å². The van der Waals surface area contributed by atoms with Gasteiger partial charge in [-0.05, 0) is 42.7 Å². The summed E-state index contributed by atoms with van der Waals surface area (Å²) >= 11 is 0. The molecule has 0 spiro atoms. The van der Waals surface area contributed by atoms with Crippen molar-refractivity contribution in [1.82, 2.24) is 25.4 Å². The Morgan fingerprint density at radius 2 is 1.80 bits per heavy atom. The Kier molecular flexibility index (Phi) is 11.0. The second-order valence-corrected chi connectivity index (χ2v) is 6.81. The van der Waals surface area contributed by atoms with E-state index < -0.39 is 0 Å². The molecule has 0 fully saturated rings. The lowest BCUT2D eigenvalue weighted by Crippen LogP contribution is -2.38. The molecule has 0 saturated carbocycles. The minimum absolute atomic E-state index is 0. The summed E-state index contributed by atoms with van der Waals surface area (Å²) in [5, 5.41) is 16.7. The fourth-order valence-electron chi connectivity index (χ4n) is 3.01. The van der Waals surface area contributed by atoms with Crippen LogP contribution >= 0.6 is 24.0 Å². The second-order valence-electron chi connectivity index (χ2n) is 6.81. The van der Waals surface area contributed by atoms with Crippen LogP contribution in [-0.4, -0.2) is 47.0 Å². The van der Waals surface area contributed by atoms with Gasteiger partial charge in [0.15, 0.2) is 5.96 Å². The number of guanidine groups is 1. The summed E-state index contributed by atoms with van der Waals surface area (Å²) in [4.78, 5) is 4.63. The minimum atomic E-state index is 0. The maximum atomic E-state index is 5.88. The number of hydrogen-bond donors (Lipinski definition) is 2. The molecule has 2 aromatic carbocycles. The Bertz CT molecular complexity index is 884. The molecule has 1 aromatic heterocycles. The number of ether oxygens (including phenoxy) is 1. The van der Waals surface area contributed by atoms with Crippen LogP contribution in [0.2, 0.25) is 0 Å². The van der Waals surface area contributed by atoms with Crippen molar-refractivity contribution in [3.8, 4) is 5.75 Å². The largest absolute Gasteiger partial charge is 0.494 e. The highest BCUT2D eigenvalue weighted by molar-refractivity contribution is 14.0. The van der Waals surface area contributed by atoms with E-state index in [4.69, 9.17) is 4.74 Å². The van der Waals surface area contributed by atoms with E-state index in [1.165, 1.54) is 10.8 Å². The minimum Gasteiger partial charge on any atom is -0.494 e. The first-order valence-electron chi connectivity index (χ1n) is 10.3. The molecular weight excluding hydrogens is 491 g/mol. The van der Waals surface area contributed by atoms with E-state index in [2.05, 4.69) is 57.0 Å². The van der Waals surface area contributed by atoms with Crippen molar-refractivity contribution in [2.75, 3.05) is 26.2 Å². The molecule has 0 bridgehead atoms. The zero-order valence-electron chi connectivity index (χ0n) is 17.5. The van der Waals surface area contributed by atoms with Gasteiger partial charge in [0.25, 0.3) is 0 Å². The van der Waals surface area contributed by atoms with E-state index in [1.807, 2.05) is 22.8 Å². The first-order chi connectivity index (χ1) is 14.3. The van der Waals surface area contributed by atoms with Gasteiger partial charge in [0.05, 0.1) is 6.61 Å². The van der Waals surface area contributed by atoms with Crippen LogP contribution in [-0.2, 0) is 6.54 Å². The van der Waals surface area contributed by atoms with Crippen molar-refractivity contribution in [2.45, 2.75) is 32.7 Å². The third kappa shape index (κ3) is 8.17. The molecule has 7 nitrogen and oxygen atoms in total. The predicted molar refractivity (Wildman–Crippen MR) is 133 cm³/mol. The number of aromatic nitrogens is 3. The zero-order valence-corrected chi connectivity index (χ0v) is 19.8. The Labute approximate surface area is 195 Å². The number of hydrogen-bond acceptors (Lipinski definition) is 4. The molecule has 0 aliphatic rings. The van der Waals surface area contributed by atoms with Gasteiger partial charge in [0.1, 0.15) is 18.4 Å². The highest BCUT2D eigenvalue weighted by Crippen LogP contribution is 2.20. The molecule has 3 rings (SSSR count). The summed E-state index contributed by atoms with van der Waals surface area (Å²) in [6, 6.07) is 14.5. The summed E-state index contributed by atoms with van der Waals surface area (Å²) in [5.41, 5.74) is 0. The van der Waals surface area contributed by atoms with Crippen LogP contribution in [0.15, 0.2) is 60.1 Å². The second kappa shape index (κ2) is 13.8. The summed E-state index contributed by atoms with van der Waals surface area (Å²) < 4.78 is 7.88. The number of unbranched alkanes of at least 4 members (excludes halogenated alkanes) is 1. The maximum Gasteiger partial charge on any atom is 0.191 e. The third-order valence-corrected chi connectivity index (χ3v) is 4.51. The number of nitrogens with one attached hydrogen (secondary N) is 2. The van der Waals surface area contributed by atoms with Crippen LogP contribution in [0.5, 0.6) is 5.75 Å². The summed E-state index contributed by atoms with van der Waals surface area (Å²) in [7, 11) is 0. The van der Waals surface area contributed by atoms with Crippen LogP contribution in [0.4, 0.5) is 0 Å². The molecule has 0 aliphatic carbocycles. The van der Waals surface area contributed by atoms with E-state index in [1.54, 1.807) is 12.7 Å². The van der Waals surface area contributed by atoms with Gasteiger partial charge in [0.2, 0.25) is 0 Å². The highest BCUT2D eigenvalue weighted by Gasteiger charge is 1.99. The number of benzene rings is 2. The normalized spacial score (nSPS) is 11.2. The van der Waals surface area contributed by atoms with E-state index in [0.29, 0.717) is 6.61 Å². The van der Waals surface area contributed by atoms with Gasteiger partial charge in [-0.1, -0.05) is 30.3 Å². The Hall–Kier alpha value is -2.36. The van der Waals surface area contributed by atoms with E-state index in [9.17, 15) is 0 Å². The number of rotatable bonds is 11. The first-order valence-corrected chi connectivity index (χ1v) is 10.3. The van der Waals surface area contributed by atoms with E-state index >= 15 is 0 Å². The van der Waals surface area contributed by atoms with Crippen LogP contribution in [0, 0.1) is 0 Å². The predicted octanol–water partition coefficient (Wildman–Crippen LogP) is 3.85. The number of halogens is 1. The fraction of sp³-hybridized carbons (Fsp3) is 0.409. The average Bonchev–Trinajstić information content (AvgIpc) is 3.26. The molecule has 0 saturated heterocycles. The molecule has 30 heavy (non-hydrogen) atoms. The zero-order chi connectivity index (χ0) is 20.2. The van der Waals surface area contributed by atoms with Crippen molar-refractivity contribution in [3.05, 3.63) is 55.1 Å². The van der Waals surface area contributed by atoms with Gasteiger partial charge >= 0.3 is 0 Å². The molecule has 2 N–H and O–H groups in total. The molecule has 0 atom stereocenters. The van der Waals surface area contributed by atoms with E-state index in [0.717, 1.165) is 57.2 Å². The Morgan fingerprint density at radius 1 is 1.00 bits per heavy atom. The number of nitrogens with zero attached hydrogens (tertiary/aromatic N) is 4. The van der Waals surface area contributed by atoms with Gasteiger partial charge in [-0.25, -0.2) is 0 Å². The molecular formula is C22H31IN6O. The summed E-state index contributed by atoms with van der Waals surface area (Å²) in [6.45, 7) is 6.13. The van der Waals surface area contributed by atoms with Gasteiger partial charge in [-0.3, -0.25) is 4.99 Å². The molecule has 1 heterocycles. The van der Waals surface area contributed by atoms with Crippen molar-refractivity contribution >= 4 is 40.7 Å². The van der Waals surface area contributed by atoms with Crippen molar-refractivity contribution in [1.29, 1.82) is 0 Å². The summed E-state index contributed by atoms with van der Waals surface area (Å²) in [5.74, 6) is 1.77. The lowest BCUT2D eigenvalue weighted by molar-refractivity contribution is 0.314. The SMILES string of the molecule is CCNC(=NCCCOc1ccc2ccccc2c1)NCCCCn1cnnc1.I. The van der Waals surface area contributed by atoms with Crippen molar-refractivity contribution in [3.63, 3.8) is 0 Å². The quantitative estimate of drug-likeness (QED) is 0.173. The van der Waals surface area contributed by atoms with Crippen LogP contribution < -0.4 is 15.4 Å². The number of aliphatic imine (C=N–C) groups is 1. The molecule has 0 radical (unpaired) electrons. The summed E-state index contributed by atoms with van der Waals surface area (Å²) in [6.07, 6.45) is 6.51. The average molecular weight is 522 g/mol. The van der Waals surface area contributed by atoms with Crippen LogP contribution in [0.25, 0.3) is 10.8 Å². The van der Waals surface area contributed by atoms with Gasteiger partial charge in [0, 0.05) is 32.6 Å². The lowest BCUT2D eigenvalue weighted by atomic mass is 10.1. The number of aryl methyl sites for hydroxylation is 1. The van der Waals surface area contributed by atoms with Crippen LogP contribution in [0.1, 0.15) is 26.2 Å². The first kappa shape index (κ1) is 23.9. The highest BCUT2D eigenvalue weighted by atomic mass is 127. The molecule has 8 heteroatoms. The molecule has 0 unspecified atom stereocenters. The van der Waals surface area contributed by atoms with Gasteiger partial charge in [-0.2, -0.15) is 0 Å². The fourth-order valence-corrected chi connectivity index (χ4v) is 3.01.